The number of amides is 2. The van der Waals surface area contributed by atoms with Crippen molar-refractivity contribution in [2.24, 2.45) is 5.92 Å². The molecule has 2 heterocycles. The number of piperidine rings is 1. The van der Waals surface area contributed by atoms with Gasteiger partial charge in [0.2, 0.25) is 5.91 Å². The van der Waals surface area contributed by atoms with E-state index in [0.717, 1.165) is 0 Å². The summed E-state index contributed by atoms with van der Waals surface area (Å²) in [5.41, 5.74) is 0. The van der Waals surface area contributed by atoms with Crippen molar-refractivity contribution < 1.29 is 23.1 Å². The minimum absolute atomic E-state index is 0.0627. The second-order valence-electron chi connectivity index (χ2n) is 6.11. The van der Waals surface area contributed by atoms with Gasteiger partial charge in [-0.15, -0.1) is 0 Å². The van der Waals surface area contributed by atoms with Gasteiger partial charge >= 0.3 is 0 Å². The van der Waals surface area contributed by atoms with Crippen molar-refractivity contribution in [2.75, 3.05) is 26.2 Å². The number of ether oxygens (including phenoxy) is 1. The molecular weight excluding hydrogens is 339 g/mol. The summed E-state index contributed by atoms with van der Waals surface area (Å²) in [6.45, 7) is 1.54. The highest BCUT2D eigenvalue weighted by Gasteiger charge is 2.28. The first-order chi connectivity index (χ1) is 12.6. The number of para-hydroxylation sites is 1. The van der Waals surface area contributed by atoms with Gasteiger partial charge in [-0.05, 0) is 37.1 Å². The van der Waals surface area contributed by atoms with Crippen LogP contribution in [0.2, 0.25) is 0 Å². The lowest BCUT2D eigenvalue weighted by Crippen LogP contribution is -2.43. The second kappa shape index (κ2) is 8.51. The minimum atomic E-state index is -0.424. The first-order valence-electron chi connectivity index (χ1n) is 8.63. The Morgan fingerprint density at radius 3 is 2.65 bits per heavy atom. The maximum atomic E-state index is 13.4. The smallest absolute Gasteiger partial charge is 0.289 e. The van der Waals surface area contributed by atoms with Crippen molar-refractivity contribution in [1.29, 1.82) is 0 Å². The van der Waals surface area contributed by atoms with Crippen LogP contribution in [-0.2, 0) is 4.79 Å². The number of likely N-dealkylation sites (tertiary alicyclic amines) is 1. The first kappa shape index (κ1) is 18.0. The fourth-order valence-electron chi connectivity index (χ4n) is 2.94. The number of hydrogen-bond acceptors (Lipinski definition) is 4. The molecule has 26 heavy (non-hydrogen) atoms. The minimum Gasteiger partial charge on any atom is -0.489 e. The molecule has 0 unspecified atom stereocenters. The van der Waals surface area contributed by atoms with E-state index in [1.54, 1.807) is 35.2 Å². The van der Waals surface area contributed by atoms with Gasteiger partial charge in [-0.1, -0.05) is 12.1 Å². The topological polar surface area (TPSA) is 71.8 Å². The van der Waals surface area contributed by atoms with E-state index in [9.17, 15) is 14.0 Å². The predicted octanol–water partition coefficient (Wildman–Crippen LogP) is 2.47. The van der Waals surface area contributed by atoms with Crippen LogP contribution in [-0.4, -0.2) is 43.0 Å². The lowest BCUT2D eigenvalue weighted by Gasteiger charge is -2.30. The number of nitrogens with zero attached hydrogens (tertiary/aromatic N) is 1. The highest BCUT2D eigenvalue weighted by Crippen LogP contribution is 2.19. The molecule has 7 heteroatoms. The molecule has 1 aliphatic heterocycles. The summed E-state index contributed by atoms with van der Waals surface area (Å²) in [5, 5.41) is 2.81. The second-order valence-corrected chi connectivity index (χ2v) is 6.11. The van der Waals surface area contributed by atoms with Gasteiger partial charge in [-0.2, -0.15) is 0 Å². The fraction of sp³-hybridized carbons (Fsp3) is 0.368. The molecule has 0 saturated carbocycles. The van der Waals surface area contributed by atoms with E-state index in [4.69, 9.17) is 9.15 Å². The highest BCUT2D eigenvalue weighted by molar-refractivity contribution is 5.91. The number of nitrogens with one attached hydrogen (secondary N) is 1. The average Bonchev–Trinajstić information content (AvgIpc) is 3.20. The summed E-state index contributed by atoms with van der Waals surface area (Å²) in [4.78, 5) is 26.1. The Kier molecular flexibility index (Phi) is 5.88. The van der Waals surface area contributed by atoms with Crippen LogP contribution in [0.1, 0.15) is 23.4 Å². The van der Waals surface area contributed by atoms with Crippen molar-refractivity contribution in [3.05, 3.63) is 54.2 Å². The number of benzene rings is 1. The van der Waals surface area contributed by atoms with Gasteiger partial charge in [-0.25, -0.2) is 4.39 Å². The maximum Gasteiger partial charge on any atom is 0.289 e. The molecule has 3 rings (SSSR count). The van der Waals surface area contributed by atoms with Crippen molar-refractivity contribution in [1.82, 2.24) is 10.2 Å². The molecule has 1 aromatic heterocycles. The van der Waals surface area contributed by atoms with Crippen molar-refractivity contribution >= 4 is 11.8 Å². The van der Waals surface area contributed by atoms with E-state index in [1.807, 2.05) is 0 Å². The average molecular weight is 360 g/mol. The van der Waals surface area contributed by atoms with Crippen LogP contribution in [0.3, 0.4) is 0 Å². The third-order valence-electron chi connectivity index (χ3n) is 4.38. The number of carbonyl (C=O) groups excluding carboxylic acids is 2. The quantitative estimate of drug-likeness (QED) is 0.804. The summed E-state index contributed by atoms with van der Waals surface area (Å²) in [6, 6.07) is 9.46. The molecule has 0 radical (unpaired) electrons. The van der Waals surface area contributed by atoms with E-state index < -0.39 is 5.82 Å². The van der Waals surface area contributed by atoms with Gasteiger partial charge in [0.1, 0.15) is 6.61 Å². The van der Waals surface area contributed by atoms with Gasteiger partial charge in [0, 0.05) is 19.0 Å². The predicted molar refractivity (Wildman–Crippen MR) is 92.2 cm³/mol. The third-order valence-corrected chi connectivity index (χ3v) is 4.38. The van der Waals surface area contributed by atoms with Crippen LogP contribution >= 0.6 is 0 Å². The van der Waals surface area contributed by atoms with Crippen molar-refractivity contribution in [3.63, 3.8) is 0 Å². The Bertz CT molecular complexity index is 740. The number of rotatable bonds is 6. The van der Waals surface area contributed by atoms with Gasteiger partial charge in [0.05, 0.1) is 12.8 Å². The summed E-state index contributed by atoms with van der Waals surface area (Å²) < 4.78 is 23.9. The maximum absolute atomic E-state index is 13.4. The fourth-order valence-corrected chi connectivity index (χ4v) is 2.94. The Labute approximate surface area is 150 Å². The van der Waals surface area contributed by atoms with Crippen LogP contribution in [0, 0.1) is 11.7 Å². The van der Waals surface area contributed by atoms with E-state index >= 15 is 0 Å². The summed E-state index contributed by atoms with van der Waals surface area (Å²) >= 11 is 0. The molecule has 0 bridgehead atoms. The lowest BCUT2D eigenvalue weighted by atomic mass is 9.96. The zero-order valence-corrected chi connectivity index (χ0v) is 14.3. The summed E-state index contributed by atoms with van der Waals surface area (Å²) in [7, 11) is 0. The molecule has 1 fully saturated rings. The summed E-state index contributed by atoms with van der Waals surface area (Å²) in [6.07, 6.45) is 2.68. The molecule has 138 valence electrons. The standard InChI is InChI=1S/C19H21FN2O4/c20-15-4-1-2-5-16(15)26-13-9-21-18(23)14-7-10-22(11-8-14)19(24)17-6-3-12-25-17/h1-6,12,14H,7-11,13H2,(H,21,23). The number of furan rings is 1. The molecule has 0 atom stereocenters. The van der Waals surface area contributed by atoms with Gasteiger partial charge in [0.25, 0.3) is 5.91 Å². The van der Waals surface area contributed by atoms with Crippen LogP contribution in [0.5, 0.6) is 5.75 Å². The lowest BCUT2D eigenvalue weighted by molar-refractivity contribution is -0.126. The molecule has 1 N–H and O–H groups in total. The molecular formula is C19H21FN2O4. The first-order valence-corrected chi connectivity index (χ1v) is 8.63. The number of hydrogen-bond donors (Lipinski definition) is 1. The van der Waals surface area contributed by atoms with Gasteiger partial charge in [-0.3, -0.25) is 9.59 Å². The normalized spacial score (nSPS) is 14.9. The Balaban J connectivity index is 1.37. The zero-order chi connectivity index (χ0) is 18.4. The number of halogens is 1. The van der Waals surface area contributed by atoms with Crippen LogP contribution < -0.4 is 10.1 Å². The highest BCUT2D eigenvalue weighted by atomic mass is 19.1. The summed E-state index contributed by atoms with van der Waals surface area (Å²) in [5.74, 6) is -0.277. The van der Waals surface area contributed by atoms with E-state index in [1.165, 1.54) is 12.3 Å². The molecule has 1 aliphatic rings. The van der Waals surface area contributed by atoms with E-state index in [-0.39, 0.29) is 30.1 Å². The molecule has 0 spiro atoms. The third kappa shape index (κ3) is 4.41. The Morgan fingerprint density at radius 2 is 1.96 bits per heavy atom. The van der Waals surface area contributed by atoms with Crippen LogP contribution in [0.15, 0.2) is 47.1 Å². The van der Waals surface area contributed by atoms with E-state index in [2.05, 4.69) is 5.32 Å². The van der Waals surface area contributed by atoms with Gasteiger partial charge < -0.3 is 19.4 Å². The molecule has 1 saturated heterocycles. The molecule has 2 amide bonds. The number of carbonyl (C=O) groups is 2. The molecule has 1 aromatic carbocycles. The van der Waals surface area contributed by atoms with Crippen molar-refractivity contribution in [2.45, 2.75) is 12.8 Å². The Morgan fingerprint density at radius 1 is 1.19 bits per heavy atom. The largest absolute Gasteiger partial charge is 0.489 e. The molecule has 0 aliphatic carbocycles. The van der Waals surface area contributed by atoms with Gasteiger partial charge in [0.15, 0.2) is 17.3 Å². The Hall–Kier alpha value is -2.83. The van der Waals surface area contributed by atoms with Crippen LogP contribution in [0.4, 0.5) is 4.39 Å². The van der Waals surface area contributed by atoms with E-state index in [0.29, 0.717) is 38.2 Å². The van der Waals surface area contributed by atoms with Crippen LogP contribution in [0.25, 0.3) is 0 Å². The molecule has 6 nitrogen and oxygen atoms in total. The van der Waals surface area contributed by atoms with Crippen molar-refractivity contribution in [3.8, 4) is 5.75 Å². The molecule has 2 aromatic rings. The zero-order valence-electron chi connectivity index (χ0n) is 14.3. The monoisotopic (exact) mass is 360 g/mol. The SMILES string of the molecule is O=C(NCCOc1ccccc1F)C1CCN(C(=O)c2ccco2)CC1.